The molecule has 0 fully saturated rings. The molecule has 0 aromatic heterocycles. The van der Waals surface area contributed by atoms with Crippen molar-refractivity contribution in [2.24, 2.45) is 0 Å². The van der Waals surface area contributed by atoms with Crippen LogP contribution in [0.25, 0.3) is 0 Å². The summed E-state index contributed by atoms with van der Waals surface area (Å²) in [7, 11) is 0. The Morgan fingerprint density at radius 3 is 1.68 bits per heavy atom. The smallest absolute Gasteiger partial charge is 0.0606 e. The minimum Gasteiger partial charge on any atom is -0.395 e. The quantitative estimate of drug-likeness (QED) is 0.456. The highest BCUT2D eigenvalue weighted by molar-refractivity contribution is 4.95. The molecule has 0 aliphatic heterocycles. The molecule has 0 unspecified atom stereocenters. The van der Waals surface area contributed by atoms with E-state index in [-0.39, 0.29) is 13.2 Å². The number of hydrogen-bond acceptors (Lipinski definition) is 4. The van der Waals surface area contributed by atoms with Crippen LogP contribution >= 0.6 is 0 Å². The summed E-state index contributed by atoms with van der Waals surface area (Å²) in [6.07, 6.45) is 6.58. The first-order valence-electron chi connectivity index (χ1n) is 8.67. The zero-order valence-corrected chi connectivity index (χ0v) is 14.7. The summed E-state index contributed by atoms with van der Waals surface area (Å²) in [5.74, 6) is 0. The molecule has 22 heavy (non-hydrogen) atoms. The minimum atomic E-state index is 0.100. The van der Waals surface area contributed by atoms with E-state index in [4.69, 9.17) is 10.2 Å². The maximum absolute atomic E-state index is 9.02. The predicted octanol–water partition coefficient (Wildman–Crippen LogP) is 2.98. The number of aliphatic hydroxyl groups is 2. The van der Waals surface area contributed by atoms with Crippen molar-refractivity contribution in [2.75, 3.05) is 39.4 Å². The van der Waals surface area contributed by atoms with Crippen LogP contribution in [-0.4, -0.2) is 59.4 Å². The van der Waals surface area contributed by atoms with Crippen molar-refractivity contribution >= 4 is 0 Å². The number of aliphatic hydroxyl groups excluding tert-OH is 2. The molecular weight excluding hydrogens is 276 g/mol. The second kappa shape index (κ2) is 13.6. The van der Waals surface area contributed by atoms with Gasteiger partial charge >= 0.3 is 0 Å². The molecule has 0 radical (unpaired) electrons. The molecule has 4 heteroatoms. The highest BCUT2D eigenvalue weighted by atomic mass is 16.3. The zero-order valence-electron chi connectivity index (χ0n) is 14.7. The van der Waals surface area contributed by atoms with Gasteiger partial charge in [0.05, 0.1) is 13.2 Å². The van der Waals surface area contributed by atoms with Gasteiger partial charge in [0.1, 0.15) is 0 Å². The summed E-state index contributed by atoms with van der Waals surface area (Å²) in [6, 6.07) is 0. The Morgan fingerprint density at radius 1 is 0.773 bits per heavy atom. The van der Waals surface area contributed by atoms with Crippen LogP contribution in [0.4, 0.5) is 0 Å². The molecule has 0 aliphatic rings. The molecule has 0 atom stereocenters. The van der Waals surface area contributed by atoms with Gasteiger partial charge in [0, 0.05) is 37.6 Å². The topological polar surface area (TPSA) is 46.9 Å². The van der Waals surface area contributed by atoms with Gasteiger partial charge in [-0.25, -0.2) is 0 Å². The molecular formula is C18H36N2O2. The van der Waals surface area contributed by atoms with Gasteiger partial charge in [-0.05, 0) is 39.0 Å². The molecule has 0 spiro atoms. The monoisotopic (exact) mass is 312 g/mol. The van der Waals surface area contributed by atoms with Crippen molar-refractivity contribution in [1.29, 1.82) is 0 Å². The molecule has 0 saturated carbocycles. The van der Waals surface area contributed by atoms with Gasteiger partial charge in [-0.15, -0.1) is 0 Å². The van der Waals surface area contributed by atoms with Gasteiger partial charge in [0.15, 0.2) is 0 Å². The number of rotatable bonds is 15. The predicted molar refractivity (Wildman–Crippen MR) is 94.6 cm³/mol. The molecule has 0 aromatic carbocycles. The van der Waals surface area contributed by atoms with E-state index >= 15 is 0 Å². The standard InChI is InChI=1S/C18H36N2O2/c1-5-12-19(6-2)17(3)10-8-7-9-11-18(4)20(13-15-21)14-16-22/h21-22H,3-16H2,1-2H3. The lowest BCUT2D eigenvalue weighted by molar-refractivity contribution is 0.185. The van der Waals surface area contributed by atoms with Crippen molar-refractivity contribution in [3.8, 4) is 0 Å². The van der Waals surface area contributed by atoms with Crippen LogP contribution in [0.1, 0.15) is 52.4 Å². The average molecular weight is 312 g/mol. The van der Waals surface area contributed by atoms with E-state index in [1.807, 2.05) is 4.90 Å². The van der Waals surface area contributed by atoms with Crippen LogP contribution in [0.15, 0.2) is 24.6 Å². The summed E-state index contributed by atoms with van der Waals surface area (Å²) in [5, 5.41) is 18.0. The van der Waals surface area contributed by atoms with E-state index in [2.05, 4.69) is 31.9 Å². The maximum atomic E-state index is 9.02. The fourth-order valence-corrected chi connectivity index (χ4v) is 2.63. The van der Waals surface area contributed by atoms with Crippen LogP contribution in [0.2, 0.25) is 0 Å². The number of unbranched alkanes of at least 4 members (excludes halogenated alkanes) is 2. The Kier molecular flexibility index (Phi) is 13.0. The first kappa shape index (κ1) is 21.0. The normalized spacial score (nSPS) is 10.5. The summed E-state index contributed by atoms with van der Waals surface area (Å²) < 4.78 is 0. The van der Waals surface area contributed by atoms with Gasteiger partial charge in [-0.1, -0.05) is 26.5 Å². The summed E-state index contributed by atoms with van der Waals surface area (Å²) in [5.41, 5.74) is 2.27. The minimum absolute atomic E-state index is 0.100. The van der Waals surface area contributed by atoms with Crippen molar-refractivity contribution in [3.63, 3.8) is 0 Å². The van der Waals surface area contributed by atoms with Gasteiger partial charge in [0.25, 0.3) is 0 Å². The average Bonchev–Trinajstić information content (AvgIpc) is 2.51. The molecule has 4 nitrogen and oxygen atoms in total. The van der Waals surface area contributed by atoms with Crippen molar-refractivity contribution < 1.29 is 10.2 Å². The first-order chi connectivity index (χ1) is 10.6. The Labute approximate surface area is 137 Å². The largest absolute Gasteiger partial charge is 0.395 e. The van der Waals surface area contributed by atoms with Gasteiger partial charge < -0.3 is 20.0 Å². The lowest BCUT2D eigenvalue weighted by Crippen LogP contribution is -2.28. The highest BCUT2D eigenvalue weighted by Crippen LogP contribution is 2.16. The molecule has 0 aromatic rings. The third-order valence-corrected chi connectivity index (χ3v) is 3.94. The SMILES string of the molecule is C=C(CCCCCC(=C)N(CCO)CCO)N(CC)CCC. The maximum Gasteiger partial charge on any atom is 0.0606 e. The van der Waals surface area contributed by atoms with E-state index in [9.17, 15) is 0 Å². The van der Waals surface area contributed by atoms with E-state index in [0.717, 1.165) is 57.3 Å². The van der Waals surface area contributed by atoms with Crippen LogP contribution in [0.3, 0.4) is 0 Å². The third-order valence-electron chi connectivity index (χ3n) is 3.94. The van der Waals surface area contributed by atoms with Gasteiger partial charge in [0.2, 0.25) is 0 Å². The van der Waals surface area contributed by atoms with Crippen molar-refractivity contribution in [1.82, 2.24) is 9.80 Å². The lowest BCUT2D eigenvalue weighted by atomic mass is 10.1. The molecule has 0 aliphatic carbocycles. The summed E-state index contributed by atoms with van der Waals surface area (Å²) in [6.45, 7) is 16.1. The molecule has 0 rings (SSSR count). The Morgan fingerprint density at radius 2 is 1.27 bits per heavy atom. The number of allylic oxidation sites excluding steroid dienone is 2. The lowest BCUT2D eigenvalue weighted by Gasteiger charge is -2.26. The third kappa shape index (κ3) is 9.11. The second-order valence-electron chi connectivity index (χ2n) is 5.71. The second-order valence-corrected chi connectivity index (χ2v) is 5.71. The summed E-state index contributed by atoms with van der Waals surface area (Å²) >= 11 is 0. The number of nitrogens with zero attached hydrogens (tertiary/aromatic N) is 2. The molecule has 2 N–H and O–H groups in total. The van der Waals surface area contributed by atoms with Crippen LogP contribution < -0.4 is 0 Å². The molecule has 0 bridgehead atoms. The van der Waals surface area contributed by atoms with Gasteiger partial charge in [-0.2, -0.15) is 0 Å². The van der Waals surface area contributed by atoms with E-state index in [1.54, 1.807) is 0 Å². The van der Waals surface area contributed by atoms with Crippen LogP contribution in [-0.2, 0) is 0 Å². The molecule has 0 amide bonds. The summed E-state index contributed by atoms with van der Waals surface area (Å²) in [4.78, 5) is 4.34. The van der Waals surface area contributed by atoms with Crippen molar-refractivity contribution in [3.05, 3.63) is 24.6 Å². The number of hydrogen-bond donors (Lipinski definition) is 2. The van der Waals surface area contributed by atoms with Crippen molar-refractivity contribution in [2.45, 2.75) is 52.4 Å². The molecule has 0 saturated heterocycles. The van der Waals surface area contributed by atoms with E-state index in [1.165, 1.54) is 5.70 Å². The first-order valence-corrected chi connectivity index (χ1v) is 8.67. The fourth-order valence-electron chi connectivity index (χ4n) is 2.63. The molecule has 0 heterocycles. The van der Waals surface area contributed by atoms with Gasteiger partial charge in [-0.3, -0.25) is 0 Å². The highest BCUT2D eigenvalue weighted by Gasteiger charge is 2.07. The van der Waals surface area contributed by atoms with Crippen LogP contribution in [0.5, 0.6) is 0 Å². The van der Waals surface area contributed by atoms with E-state index in [0.29, 0.717) is 13.1 Å². The van der Waals surface area contributed by atoms with Crippen LogP contribution in [0, 0.1) is 0 Å². The Hall–Kier alpha value is -1.00. The van der Waals surface area contributed by atoms with E-state index < -0.39 is 0 Å². The molecule has 130 valence electrons. The fraction of sp³-hybridized carbons (Fsp3) is 0.778. The Balaban J connectivity index is 3.87. The Bertz CT molecular complexity index is 299. The zero-order chi connectivity index (χ0) is 16.8.